The zero-order valence-corrected chi connectivity index (χ0v) is 13.1. The quantitative estimate of drug-likeness (QED) is 0.868. The maximum absolute atomic E-state index is 12.5. The van der Waals surface area contributed by atoms with Crippen LogP contribution in [-0.4, -0.2) is 38.9 Å². The highest BCUT2D eigenvalue weighted by molar-refractivity contribution is 5.82. The molecule has 1 atom stereocenters. The molecule has 1 unspecified atom stereocenters. The van der Waals surface area contributed by atoms with Crippen molar-refractivity contribution in [1.29, 1.82) is 0 Å². The molecule has 1 aromatic heterocycles. The summed E-state index contributed by atoms with van der Waals surface area (Å²) in [5, 5.41) is 0. The molecule has 0 aliphatic carbocycles. The summed E-state index contributed by atoms with van der Waals surface area (Å²) in [6.45, 7) is 0.918. The van der Waals surface area contributed by atoms with E-state index in [1.54, 1.807) is 11.9 Å². The molecule has 0 spiro atoms. The second kappa shape index (κ2) is 5.91. The number of fused-ring (bicyclic) bond motifs is 1. The molecule has 2 amide bonds. The molecule has 0 bridgehead atoms. The van der Waals surface area contributed by atoms with E-state index in [9.17, 15) is 14.4 Å². The zero-order valence-electron chi connectivity index (χ0n) is 13.1. The number of likely N-dealkylation sites (tertiary alicyclic amines) is 1. The molecule has 1 saturated heterocycles. The molecule has 7 heteroatoms. The Morgan fingerprint density at radius 3 is 2.65 bits per heavy atom. The Kier molecular flexibility index (Phi) is 3.94. The number of benzene rings is 1. The number of aryl methyl sites for hydroxylation is 1. The van der Waals surface area contributed by atoms with E-state index >= 15 is 0 Å². The molecule has 2 aromatic rings. The number of amides is 2. The topological polar surface area (TPSA) is 90.3 Å². The van der Waals surface area contributed by atoms with Crippen molar-refractivity contribution in [2.24, 2.45) is 18.7 Å². The summed E-state index contributed by atoms with van der Waals surface area (Å²) in [5.41, 5.74) is 6.65. The van der Waals surface area contributed by atoms with Crippen LogP contribution < -0.4 is 11.4 Å². The van der Waals surface area contributed by atoms with Gasteiger partial charge in [-0.1, -0.05) is 12.1 Å². The van der Waals surface area contributed by atoms with Crippen LogP contribution in [0.4, 0.5) is 0 Å². The number of carbonyl (C=O) groups is 2. The third-order valence-electron chi connectivity index (χ3n) is 4.52. The number of carbonyl (C=O) groups excluding carboxylic acids is 2. The van der Waals surface area contributed by atoms with Crippen molar-refractivity contribution in [3.63, 3.8) is 0 Å². The number of piperidine rings is 1. The van der Waals surface area contributed by atoms with Gasteiger partial charge in [0.05, 0.1) is 17.0 Å². The average Bonchev–Trinajstić information content (AvgIpc) is 2.80. The SMILES string of the molecule is Cn1c(=O)n(CC(=O)N2CCCC(C(N)=O)C2)c2ccccc21. The van der Waals surface area contributed by atoms with Crippen LogP contribution >= 0.6 is 0 Å². The highest BCUT2D eigenvalue weighted by Gasteiger charge is 2.27. The molecule has 0 radical (unpaired) electrons. The summed E-state index contributed by atoms with van der Waals surface area (Å²) in [6, 6.07) is 7.37. The first-order valence-electron chi connectivity index (χ1n) is 7.70. The first-order valence-corrected chi connectivity index (χ1v) is 7.70. The smallest absolute Gasteiger partial charge is 0.329 e. The second-order valence-corrected chi connectivity index (χ2v) is 6.00. The number of hydrogen-bond acceptors (Lipinski definition) is 3. The first kappa shape index (κ1) is 15.3. The van der Waals surface area contributed by atoms with Gasteiger partial charge in [-0.3, -0.25) is 18.7 Å². The fraction of sp³-hybridized carbons (Fsp3) is 0.438. The lowest BCUT2D eigenvalue weighted by molar-refractivity contribution is -0.135. The summed E-state index contributed by atoms with van der Waals surface area (Å²) in [7, 11) is 1.69. The third kappa shape index (κ3) is 2.74. The number of para-hydroxylation sites is 2. The van der Waals surface area contributed by atoms with Gasteiger partial charge in [-0.2, -0.15) is 0 Å². The van der Waals surface area contributed by atoms with Crippen molar-refractivity contribution in [1.82, 2.24) is 14.0 Å². The summed E-state index contributed by atoms with van der Waals surface area (Å²) in [5.74, 6) is -0.823. The van der Waals surface area contributed by atoms with Crippen molar-refractivity contribution in [3.8, 4) is 0 Å². The Hall–Kier alpha value is -2.57. The molecule has 23 heavy (non-hydrogen) atoms. The lowest BCUT2D eigenvalue weighted by Crippen LogP contribution is -2.45. The maximum atomic E-state index is 12.5. The standard InChI is InChI=1S/C16H20N4O3/c1-18-12-6-2-3-7-13(12)20(16(18)23)10-14(21)19-8-4-5-11(9-19)15(17)22/h2-3,6-7,11H,4-5,8-10H2,1H3,(H2,17,22). The molecule has 0 saturated carbocycles. The van der Waals surface area contributed by atoms with E-state index in [2.05, 4.69) is 0 Å². The Morgan fingerprint density at radius 2 is 1.96 bits per heavy atom. The predicted octanol–water partition coefficient (Wildman–Crippen LogP) is 0.0639. The van der Waals surface area contributed by atoms with Gasteiger partial charge in [0.25, 0.3) is 0 Å². The molecule has 1 fully saturated rings. The average molecular weight is 316 g/mol. The summed E-state index contributed by atoms with van der Waals surface area (Å²) in [6.07, 6.45) is 1.47. The van der Waals surface area contributed by atoms with Gasteiger partial charge in [-0.05, 0) is 25.0 Å². The van der Waals surface area contributed by atoms with Gasteiger partial charge in [0.1, 0.15) is 6.54 Å². The zero-order chi connectivity index (χ0) is 16.6. The Balaban J connectivity index is 1.85. The normalized spacial score (nSPS) is 18.3. The van der Waals surface area contributed by atoms with Crippen LogP contribution in [0.15, 0.2) is 29.1 Å². The molecule has 3 rings (SSSR count). The van der Waals surface area contributed by atoms with Crippen LogP contribution in [0.25, 0.3) is 11.0 Å². The van der Waals surface area contributed by atoms with Crippen molar-refractivity contribution in [2.75, 3.05) is 13.1 Å². The summed E-state index contributed by atoms with van der Waals surface area (Å²) < 4.78 is 3.01. The maximum Gasteiger partial charge on any atom is 0.329 e. The van der Waals surface area contributed by atoms with Gasteiger partial charge in [-0.25, -0.2) is 4.79 Å². The molecular weight excluding hydrogens is 296 g/mol. The molecule has 7 nitrogen and oxygen atoms in total. The predicted molar refractivity (Wildman–Crippen MR) is 85.7 cm³/mol. The minimum absolute atomic E-state index is 0.0222. The highest BCUT2D eigenvalue weighted by Crippen LogP contribution is 2.17. The molecule has 122 valence electrons. The Labute approximate surface area is 133 Å². The van der Waals surface area contributed by atoms with Crippen molar-refractivity contribution in [3.05, 3.63) is 34.7 Å². The minimum atomic E-state index is -0.371. The molecular formula is C16H20N4O3. The second-order valence-electron chi connectivity index (χ2n) is 6.00. The van der Waals surface area contributed by atoms with Crippen LogP contribution in [0.1, 0.15) is 12.8 Å². The van der Waals surface area contributed by atoms with Gasteiger partial charge in [0, 0.05) is 20.1 Å². The molecule has 1 aliphatic heterocycles. The molecule has 1 aliphatic rings. The first-order chi connectivity index (χ1) is 11.0. The number of nitrogens with zero attached hydrogens (tertiary/aromatic N) is 3. The largest absolute Gasteiger partial charge is 0.369 e. The number of hydrogen-bond donors (Lipinski definition) is 1. The van der Waals surface area contributed by atoms with E-state index in [4.69, 9.17) is 5.73 Å². The highest BCUT2D eigenvalue weighted by atomic mass is 16.2. The van der Waals surface area contributed by atoms with Gasteiger partial charge >= 0.3 is 5.69 Å². The number of primary amides is 1. The van der Waals surface area contributed by atoms with Crippen LogP contribution in [0.3, 0.4) is 0 Å². The van der Waals surface area contributed by atoms with Gasteiger partial charge in [0.2, 0.25) is 11.8 Å². The van der Waals surface area contributed by atoms with E-state index in [1.807, 2.05) is 24.3 Å². The molecule has 1 aromatic carbocycles. The fourth-order valence-electron chi connectivity index (χ4n) is 3.19. The lowest BCUT2D eigenvalue weighted by Gasteiger charge is -2.31. The van der Waals surface area contributed by atoms with Crippen LogP contribution in [0, 0.1) is 5.92 Å². The monoisotopic (exact) mass is 316 g/mol. The van der Waals surface area contributed by atoms with E-state index in [0.717, 1.165) is 17.5 Å². The number of aromatic nitrogens is 2. The Morgan fingerprint density at radius 1 is 1.26 bits per heavy atom. The molecule has 2 heterocycles. The lowest BCUT2D eigenvalue weighted by atomic mass is 9.97. The number of rotatable bonds is 3. The van der Waals surface area contributed by atoms with Crippen LogP contribution in [0.2, 0.25) is 0 Å². The minimum Gasteiger partial charge on any atom is -0.369 e. The van der Waals surface area contributed by atoms with Crippen molar-refractivity contribution in [2.45, 2.75) is 19.4 Å². The third-order valence-corrected chi connectivity index (χ3v) is 4.52. The van der Waals surface area contributed by atoms with Crippen molar-refractivity contribution >= 4 is 22.8 Å². The van der Waals surface area contributed by atoms with Gasteiger partial charge in [-0.15, -0.1) is 0 Å². The summed E-state index contributed by atoms with van der Waals surface area (Å²) in [4.78, 5) is 37.9. The van der Waals surface area contributed by atoms with Gasteiger partial charge < -0.3 is 10.6 Å². The summed E-state index contributed by atoms with van der Waals surface area (Å²) >= 11 is 0. The van der Waals surface area contributed by atoms with Crippen LogP contribution in [0.5, 0.6) is 0 Å². The van der Waals surface area contributed by atoms with Gasteiger partial charge in [0.15, 0.2) is 0 Å². The van der Waals surface area contributed by atoms with E-state index < -0.39 is 0 Å². The number of nitrogens with two attached hydrogens (primary N) is 1. The van der Waals surface area contributed by atoms with E-state index in [-0.39, 0.29) is 30.0 Å². The van der Waals surface area contributed by atoms with E-state index in [1.165, 1.54) is 9.13 Å². The molecule has 2 N–H and O–H groups in total. The number of imidazole rings is 1. The van der Waals surface area contributed by atoms with Crippen molar-refractivity contribution < 1.29 is 9.59 Å². The van der Waals surface area contributed by atoms with E-state index in [0.29, 0.717) is 19.5 Å². The van der Waals surface area contributed by atoms with Crippen LogP contribution in [-0.2, 0) is 23.2 Å². The Bertz CT molecular complexity index is 820. The fourth-order valence-corrected chi connectivity index (χ4v) is 3.19.